The number of rotatable bonds is 4. The highest BCUT2D eigenvalue weighted by Crippen LogP contribution is 1.93. The number of hydrogen-bond acceptors (Lipinski definition) is 2. The molecule has 0 amide bonds. The van der Waals surface area contributed by atoms with Crippen LogP contribution < -0.4 is 5.73 Å². The van der Waals surface area contributed by atoms with Gasteiger partial charge in [0.15, 0.2) is 0 Å². The molecule has 0 saturated heterocycles. The molecule has 0 atom stereocenters. The average molecular weight is 129 g/mol. The molecule has 0 aliphatic carbocycles. The summed E-state index contributed by atoms with van der Waals surface area (Å²) in [6, 6.07) is 0. The van der Waals surface area contributed by atoms with Crippen molar-refractivity contribution in [1.29, 1.82) is 0 Å². The molecule has 0 aromatic heterocycles. The maximum atomic E-state index is 5.30. The third kappa shape index (κ3) is 7.50. The van der Waals surface area contributed by atoms with Gasteiger partial charge in [0, 0.05) is 12.1 Å². The van der Waals surface area contributed by atoms with E-state index in [4.69, 9.17) is 10.5 Å². The highest BCUT2D eigenvalue weighted by Gasteiger charge is 1.91. The van der Waals surface area contributed by atoms with Crippen LogP contribution >= 0.6 is 0 Å². The van der Waals surface area contributed by atoms with Crippen molar-refractivity contribution in [2.75, 3.05) is 6.61 Å². The van der Waals surface area contributed by atoms with Crippen molar-refractivity contribution in [3.63, 3.8) is 0 Å². The fourth-order valence-electron chi connectivity index (χ4n) is 0.426. The van der Waals surface area contributed by atoms with Crippen molar-refractivity contribution < 1.29 is 4.74 Å². The average Bonchev–Trinajstić information content (AvgIpc) is 1.63. The van der Waals surface area contributed by atoms with E-state index in [9.17, 15) is 0 Å². The van der Waals surface area contributed by atoms with Crippen molar-refractivity contribution >= 4 is 0 Å². The van der Waals surface area contributed by atoms with Crippen LogP contribution in [0.1, 0.15) is 20.3 Å². The Labute approximate surface area is 56.7 Å². The Bertz CT molecular complexity index is 88.9. The zero-order chi connectivity index (χ0) is 7.28. The second-order valence-corrected chi connectivity index (χ2v) is 2.33. The predicted octanol–water partition coefficient (Wildman–Crippen LogP) is 1.27. The van der Waals surface area contributed by atoms with Crippen molar-refractivity contribution in [3.05, 3.63) is 12.3 Å². The van der Waals surface area contributed by atoms with E-state index in [1.54, 1.807) is 0 Å². The minimum Gasteiger partial charge on any atom is -0.402 e. The molecule has 0 aromatic rings. The van der Waals surface area contributed by atoms with Crippen LogP contribution in [0.3, 0.4) is 0 Å². The number of nitrogens with two attached hydrogens (primary N) is 1. The first-order valence-corrected chi connectivity index (χ1v) is 3.17. The summed E-state index contributed by atoms with van der Waals surface area (Å²) in [5.41, 5.74) is 5.99. The normalized spacial score (nSPS) is 10.1. The molecule has 0 rings (SSSR count). The summed E-state index contributed by atoms with van der Waals surface area (Å²) in [7, 11) is 0. The second kappa shape index (κ2) is 4.39. The van der Waals surface area contributed by atoms with E-state index < -0.39 is 0 Å². The minimum atomic E-state index is 0.296. The maximum absolute atomic E-state index is 5.30. The van der Waals surface area contributed by atoms with Gasteiger partial charge < -0.3 is 10.5 Å². The largest absolute Gasteiger partial charge is 0.402 e. The van der Waals surface area contributed by atoms with Crippen LogP contribution in [-0.4, -0.2) is 12.7 Å². The summed E-state index contributed by atoms with van der Waals surface area (Å²) in [5.74, 6) is 0. The van der Waals surface area contributed by atoms with Crippen LogP contribution in [0.5, 0.6) is 0 Å². The SMILES string of the molecule is C=C(N)CCOC(C)C. The number of hydrogen-bond donors (Lipinski definition) is 1. The van der Waals surface area contributed by atoms with Crippen LogP contribution in [0.25, 0.3) is 0 Å². The van der Waals surface area contributed by atoms with Crippen molar-refractivity contribution in [2.45, 2.75) is 26.4 Å². The van der Waals surface area contributed by atoms with Gasteiger partial charge in [-0.15, -0.1) is 0 Å². The van der Waals surface area contributed by atoms with E-state index in [0.29, 0.717) is 18.4 Å². The standard InChI is InChI=1S/C7H15NO/c1-6(2)9-5-4-7(3)8/h6H,3-5,8H2,1-2H3. The van der Waals surface area contributed by atoms with Gasteiger partial charge in [-0.2, -0.15) is 0 Å². The molecule has 54 valence electrons. The Morgan fingerprint density at radius 2 is 2.22 bits per heavy atom. The van der Waals surface area contributed by atoms with Gasteiger partial charge in [-0.3, -0.25) is 0 Å². The van der Waals surface area contributed by atoms with Gasteiger partial charge in [-0.25, -0.2) is 0 Å². The minimum absolute atomic E-state index is 0.296. The van der Waals surface area contributed by atoms with Gasteiger partial charge in [-0.05, 0) is 13.8 Å². The lowest BCUT2D eigenvalue weighted by Gasteiger charge is -2.05. The Morgan fingerprint density at radius 3 is 2.56 bits per heavy atom. The van der Waals surface area contributed by atoms with E-state index >= 15 is 0 Å². The Hall–Kier alpha value is -0.500. The molecule has 0 radical (unpaired) electrons. The van der Waals surface area contributed by atoms with Crippen LogP contribution in [0, 0.1) is 0 Å². The molecule has 0 aliphatic heterocycles. The van der Waals surface area contributed by atoms with E-state index in [1.165, 1.54) is 0 Å². The topological polar surface area (TPSA) is 35.2 Å². The molecule has 0 unspecified atom stereocenters. The molecule has 2 heteroatoms. The van der Waals surface area contributed by atoms with Crippen molar-refractivity contribution in [1.82, 2.24) is 0 Å². The molecule has 2 N–H and O–H groups in total. The molecule has 0 fully saturated rings. The molecule has 2 nitrogen and oxygen atoms in total. The van der Waals surface area contributed by atoms with Crippen LogP contribution in [0.15, 0.2) is 12.3 Å². The lowest BCUT2D eigenvalue weighted by atomic mass is 10.4. The summed E-state index contributed by atoms with van der Waals surface area (Å²) in [4.78, 5) is 0. The molecule has 0 bridgehead atoms. The van der Waals surface area contributed by atoms with Gasteiger partial charge in [0.05, 0.1) is 12.7 Å². The van der Waals surface area contributed by atoms with Gasteiger partial charge >= 0.3 is 0 Å². The Balaban J connectivity index is 3.01. The first kappa shape index (κ1) is 8.50. The van der Waals surface area contributed by atoms with Crippen LogP contribution in [0.4, 0.5) is 0 Å². The third-order valence-corrected chi connectivity index (χ3v) is 0.874. The molecule has 0 spiro atoms. The smallest absolute Gasteiger partial charge is 0.0523 e. The highest BCUT2D eigenvalue weighted by atomic mass is 16.5. The van der Waals surface area contributed by atoms with Crippen LogP contribution in [-0.2, 0) is 4.74 Å². The number of ether oxygens (including phenoxy) is 1. The van der Waals surface area contributed by atoms with Crippen molar-refractivity contribution in [2.24, 2.45) is 5.73 Å². The summed E-state index contributed by atoms with van der Waals surface area (Å²) in [5, 5.41) is 0. The third-order valence-electron chi connectivity index (χ3n) is 0.874. The fraction of sp³-hybridized carbons (Fsp3) is 0.714. The first-order valence-electron chi connectivity index (χ1n) is 3.17. The van der Waals surface area contributed by atoms with Gasteiger partial charge in [0.2, 0.25) is 0 Å². The van der Waals surface area contributed by atoms with Crippen LogP contribution in [0.2, 0.25) is 0 Å². The Morgan fingerprint density at radius 1 is 1.67 bits per heavy atom. The van der Waals surface area contributed by atoms with E-state index in [1.807, 2.05) is 13.8 Å². The first-order chi connectivity index (χ1) is 4.13. The molecular formula is C7H15NO. The quantitative estimate of drug-likeness (QED) is 0.620. The predicted molar refractivity (Wildman–Crippen MR) is 39.0 cm³/mol. The zero-order valence-corrected chi connectivity index (χ0v) is 6.18. The monoisotopic (exact) mass is 129 g/mol. The van der Waals surface area contributed by atoms with Gasteiger partial charge in [-0.1, -0.05) is 6.58 Å². The summed E-state index contributed by atoms with van der Waals surface area (Å²) >= 11 is 0. The molecule has 0 saturated carbocycles. The summed E-state index contributed by atoms with van der Waals surface area (Å²) in [6.45, 7) is 8.24. The van der Waals surface area contributed by atoms with Gasteiger partial charge in [0.1, 0.15) is 0 Å². The Kier molecular flexibility index (Phi) is 4.14. The molecule has 0 heterocycles. The zero-order valence-electron chi connectivity index (χ0n) is 6.18. The lowest BCUT2D eigenvalue weighted by molar-refractivity contribution is 0.0812. The van der Waals surface area contributed by atoms with Crippen molar-refractivity contribution in [3.8, 4) is 0 Å². The van der Waals surface area contributed by atoms with E-state index in [-0.39, 0.29) is 0 Å². The maximum Gasteiger partial charge on any atom is 0.0523 e. The lowest BCUT2D eigenvalue weighted by Crippen LogP contribution is -2.06. The fourth-order valence-corrected chi connectivity index (χ4v) is 0.426. The highest BCUT2D eigenvalue weighted by molar-refractivity contribution is 4.84. The van der Waals surface area contributed by atoms with E-state index in [0.717, 1.165) is 6.42 Å². The molecular weight excluding hydrogens is 114 g/mol. The molecule has 0 aromatic carbocycles. The second-order valence-electron chi connectivity index (χ2n) is 2.33. The summed E-state index contributed by atoms with van der Waals surface area (Å²) in [6.07, 6.45) is 1.06. The summed E-state index contributed by atoms with van der Waals surface area (Å²) < 4.78 is 5.21. The van der Waals surface area contributed by atoms with Gasteiger partial charge in [0.25, 0.3) is 0 Å². The molecule has 0 aliphatic rings. The van der Waals surface area contributed by atoms with E-state index in [2.05, 4.69) is 6.58 Å². The molecule has 9 heavy (non-hydrogen) atoms.